The van der Waals surface area contributed by atoms with Crippen molar-refractivity contribution in [1.82, 2.24) is 76.7 Å². The fraction of sp³-hybridized carbons (Fsp3) is 0.717. The molecule has 2 aliphatic rings. The Morgan fingerprint density at radius 3 is 1.69 bits per heavy atom. The molecule has 3 heterocycles. The molecule has 0 bridgehead atoms. The van der Waals surface area contributed by atoms with E-state index in [4.69, 9.17) is 49.1 Å². The van der Waals surface area contributed by atoms with Gasteiger partial charge in [0.15, 0.2) is 0 Å². The number of unbranched alkanes of at least 4 members (excludes halogenated alkanes) is 3. The smallest absolute Gasteiger partial charge is 0.410 e. The minimum Gasteiger partial charge on any atom is -0.445 e. The van der Waals surface area contributed by atoms with Crippen LogP contribution < -0.4 is 48.3 Å². The van der Waals surface area contributed by atoms with Gasteiger partial charge in [0, 0.05) is 91.8 Å². The average Bonchev–Trinajstić information content (AvgIpc) is 1.61. The van der Waals surface area contributed by atoms with Gasteiger partial charge in [-0.3, -0.25) is 68.0 Å². The first-order chi connectivity index (χ1) is 69.9. The van der Waals surface area contributed by atoms with Crippen molar-refractivity contribution in [2.45, 2.75) is 288 Å². The highest BCUT2D eigenvalue weighted by Crippen LogP contribution is 2.32. The topological polar surface area (TPSA) is 681 Å². The molecule has 0 aliphatic carbocycles. The number of nitrogens with two attached hydrogens (primary N) is 1. The first-order valence-corrected chi connectivity index (χ1v) is 50.6. The molecule has 1 unspecified atom stereocenters. The predicted octanol–water partition coefficient (Wildman–Crippen LogP) is -2.16. The van der Waals surface area contributed by atoms with Crippen molar-refractivity contribution in [3.8, 4) is 0 Å². The van der Waals surface area contributed by atoms with Gasteiger partial charge >= 0.3 is 12.1 Å². The molecule has 22 N–H and O–H groups in total. The number of carbonyl (C=O) groups excluding carboxylic acids is 12. The number of nitrogens with zero attached hydrogens (tertiary/aromatic N) is 8. The molecule has 0 saturated carbocycles. The number of aliphatic hydroxyl groups is 12. The largest absolute Gasteiger partial charge is 0.445 e. The number of carbonyl (C=O) groups is 12. The number of imide groups is 1. The van der Waals surface area contributed by atoms with E-state index in [9.17, 15) is 109 Å². The summed E-state index contributed by atoms with van der Waals surface area (Å²) in [5, 5.41) is 153. The van der Waals surface area contributed by atoms with Gasteiger partial charge in [-0.25, -0.2) is 14.3 Å². The maximum absolute atomic E-state index is 15.0. The number of amides is 13. The number of likely N-dealkylation sites (tertiary alicyclic amines) is 1. The van der Waals surface area contributed by atoms with Gasteiger partial charge in [-0.2, -0.15) is 0 Å². The lowest BCUT2D eigenvalue weighted by atomic mass is 9.89. The molecule has 832 valence electrons. The number of likely N-dealkylation sites (N-methyl/N-ethyl adjacent to an activating group) is 2. The Bertz CT molecular complexity index is 4430. The number of rotatable bonds is 74. The molecule has 2 aliphatic heterocycles. The molecule has 1 saturated heterocycles. The zero-order valence-electron chi connectivity index (χ0n) is 87.3. The van der Waals surface area contributed by atoms with E-state index >= 15 is 0 Å². The van der Waals surface area contributed by atoms with Crippen molar-refractivity contribution in [2.24, 2.45) is 35.3 Å². The second-order valence-electron chi connectivity index (χ2n) is 38.4. The Balaban J connectivity index is 1.14. The third-order valence-electron chi connectivity index (χ3n) is 26.2. The van der Waals surface area contributed by atoms with Crippen LogP contribution in [0.2, 0.25) is 0 Å². The number of nitrogens with one attached hydrogen (secondary N) is 8. The highest BCUT2D eigenvalue weighted by molar-refractivity contribution is 6.13. The van der Waals surface area contributed by atoms with E-state index < -0.39 is 231 Å². The molecule has 0 spiro atoms. The maximum atomic E-state index is 15.0. The second-order valence-corrected chi connectivity index (χ2v) is 38.4. The van der Waals surface area contributed by atoms with Gasteiger partial charge < -0.3 is 147 Å². The van der Waals surface area contributed by atoms with E-state index in [1.54, 1.807) is 104 Å². The highest BCUT2D eigenvalue weighted by atomic mass is 16.6. The Kier molecular flexibility index (Phi) is 58.3. The lowest BCUT2D eigenvalue weighted by Crippen LogP contribution is -2.60. The Morgan fingerprint density at radius 1 is 0.571 bits per heavy atom. The SMILES string of the molecule is CC[C@H](C)[C@@H]([C@@H](CC(=O)N1CCC[C@H]1[C@H](OC)[C@@H](C)C(=O)N[C@H](C)[C@@H](O)c1ccccc1)OC)N(C)C(=O)[C@@H](NC(=O)[C@H](C(C)C)N(C)C(=O)OCc1ccc(NC(=O)[C@H](CCCNC(N)=O)NC(=O)[C@@H](NC(=O)[C@H](CCCCNC(O)c2cnnn2CCOCCOCCOCCOCCN(C[C@H](O)[C@@H](O)[C@H](O)[C@H](O)CO)C[C@H](O)[C@@H](O)[C@H](O)[C@H](O)CO)NC(=O)CCCCCN2C(=O)C=CC2=O)C(C)C)cc1)C(C)C. The van der Waals surface area contributed by atoms with Crippen molar-refractivity contribution in [3.63, 3.8) is 0 Å². The molecular formula is C99H165N17O31. The summed E-state index contributed by atoms with van der Waals surface area (Å²) >= 11 is 0. The Morgan fingerprint density at radius 2 is 1.14 bits per heavy atom. The average molecular weight is 2090 g/mol. The standard InChI is InChI=1S/C99H165N17O31/c1-15-62(8)84(76(141-13)52-80(126)114-41-25-30-70(114)90(142-14)63(9)91(132)104-64(10)85(127)66-26-18-16-19-27-66)111(11)97(138)82(60(4)5)109-96(137)83(61(6)7)112(12)99(140)147-58-65-32-34-67(35-33-65)105-92(133)69(29-24-39-102-98(100)139)107-95(136)81(59(2)3)108-93(134)68(106-77(123)31-20-17-23-40-115-78(124)36-37-79(115)125)28-21-22-38-101-94(135)71-53-103-110-116(71)43-45-144-47-49-146-51-50-145-48-46-143-44-42-113(54-72(119)86(128)88(130)74(121)56-117)55-73(120)87(129)89(131)75(122)57-118/h16,18-19,26-27,32-37,53,59-64,68-70,72-76,81-90,94,101,117-122,127-131,135H,15,17,20-25,28-31,38-52,54-58H2,1-14H3,(H,104,132)(H,105,133)(H,106,123)(H,107,136)(H,108,134)(H,109,137)(H3,100,102,139)/t62-,63+,64+,68-,69-,70-,72-,73-,74+,75+,76+,81-,82-,83-,84-,85+,86+,87+,88+,89+,90+,94?/m0/s1. The van der Waals surface area contributed by atoms with Crippen LogP contribution in [-0.4, -0.2) is 422 Å². The van der Waals surface area contributed by atoms with Crippen LogP contribution in [0.5, 0.6) is 0 Å². The number of urea groups is 1. The van der Waals surface area contributed by atoms with E-state index in [1.165, 1.54) is 66.2 Å². The molecular weight excluding hydrogens is 1920 g/mol. The summed E-state index contributed by atoms with van der Waals surface area (Å²) in [6.07, 6.45) is -12.1. The van der Waals surface area contributed by atoms with E-state index in [0.717, 1.165) is 9.80 Å². The molecule has 48 nitrogen and oxygen atoms in total. The van der Waals surface area contributed by atoms with Crippen LogP contribution in [0.1, 0.15) is 182 Å². The van der Waals surface area contributed by atoms with Gasteiger partial charge in [0.25, 0.3) is 11.8 Å². The molecule has 48 heteroatoms. The minimum atomic E-state index is -1.95. The van der Waals surface area contributed by atoms with Crippen molar-refractivity contribution in [2.75, 3.05) is 146 Å². The number of primary amides is 1. The highest BCUT2D eigenvalue weighted by Gasteiger charge is 2.46. The first kappa shape index (κ1) is 127. The van der Waals surface area contributed by atoms with Gasteiger partial charge in [-0.1, -0.05) is 123 Å². The van der Waals surface area contributed by atoms with Crippen LogP contribution in [0.25, 0.3) is 0 Å². The fourth-order valence-electron chi connectivity index (χ4n) is 17.3. The molecule has 2 aromatic carbocycles. The number of anilines is 1. The monoisotopic (exact) mass is 2090 g/mol. The number of hydrogen-bond donors (Lipinski definition) is 21. The Labute approximate surface area is 859 Å². The van der Waals surface area contributed by atoms with Crippen LogP contribution in [-0.2, 0) is 94.3 Å². The maximum Gasteiger partial charge on any atom is 0.410 e. The number of methoxy groups -OCH3 is 2. The quantitative estimate of drug-likeness (QED) is 0.0163. The third kappa shape index (κ3) is 42.4. The predicted molar refractivity (Wildman–Crippen MR) is 534 cm³/mol. The van der Waals surface area contributed by atoms with Crippen LogP contribution in [0.3, 0.4) is 0 Å². The zero-order valence-corrected chi connectivity index (χ0v) is 87.3. The van der Waals surface area contributed by atoms with Gasteiger partial charge in [0.05, 0.1) is 140 Å². The van der Waals surface area contributed by atoms with Crippen molar-refractivity contribution in [1.29, 1.82) is 0 Å². The van der Waals surface area contributed by atoms with E-state index in [2.05, 4.69) is 52.8 Å². The second kappa shape index (κ2) is 67.2. The number of ether oxygens (including phenoxy) is 7. The molecule has 22 atom stereocenters. The number of aromatic nitrogens is 3. The van der Waals surface area contributed by atoms with Crippen LogP contribution in [0.4, 0.5) is 15.3 Å². The lowest BCUT2D eigenvalue weighted by molar-refractivity contribution is -0.148. The van der Waals surface area contributed by atoms with Crippen LogP contribution in [0, 0.1) is 29.6 Å². The number of hydrogen-bond acceptors (Lipinski definition) is 35. The van der Waals surface area contributed by atoms with E-state index in [0.29, 0.717) is 74.7 Å². The summed E-state index contributed by atoms with van der Waals surface area (Å²) < 4.78 is 41.8. The molecule has 147 heavy (non-hydrogen) atoms. The zero-order chi connectivity index (χ0) is 109. The van der Waals surface area contributed by atoms with Crippen LogP contribution >= 0.6 is 0 Å². The fourth-order valence-corrected chi connectivity index (χ4v) is 17.3. The molecule has 1 fully saturated rings. The normalized spacial score (nSPS) is 17.7. The minimum absolute atomic E-state index is 0.0146. The Hall–Kier alpha value is -10.0. The number of aliphatic hydroxyl groups excluding tert-OH is 12. The van der Waals surface area contributed by atoms with E-state index in [1.807, 2.05) is 19.9 Å². The summed E-state index contributed by atoms with van der Waals surface area (Å²) in [6.45, 7) is 16.6. The van der Waals surface area contributed by atoms with Crippen LogP contribution in [0.15, 0.2) is 72.9 Å². The third-order valence-corrected chi connectivity index (χ3v) is 26.2. The summed E-state index contributed by atoms with van der Waals surface area (Å²) in [5.41, 5.74) is 7.02. The summed E-state index contributed by atoms with van der Waals surface area (Å²) in [5.74, 6) is -7.80. The van der Waals surface area contributed by atoms with Gasteiger partial charge in [0.2, 0.25) is 47.3 Å². The summed E-state index contributed by atoms with van der Waals surface area (Å²) in [4.78, 5) is 172. The molecule has 0 radical (unpaired) electrons. The summed E-state index contributed by atoms with van der Waals surface area (Å²) in [6, 6.07) is 6.54. The molecule has 13 amide bonds. The molecule has 5 rings (SSSR count). The van der Waals surface area contributed by atoms with Crippen molar-refractivity contribution >= 4 is 76.9 Å². The van der Waals surface area contributed by atoms with Crippen molar-refractivity contribution < 1.29 is 152 Å². The van der Waals surface area contributed by atoms with Gasteiger partial charge in [0.1, 0.15) is 85.4 Å². The first-order valence-electron chi connectivity index (χ1n) is 50.6. The lowest BCUT2D eigenvalue weighted by Gasteiger charge is -2.41. The molecule has 3 aromatic rings. The molecule has 1 aromatic heterocycles. The summed E-state index contributed by atoms with van der Waals surface area (Å²) in [7, 11) is 6.00. The van der Waals surface area contributed by atoms with Crippen molar-refractivity contribution in [3.05, 3.63) is 89.8 Å². The van der Waals surface area contributed by atoms with Gasteiger partial charge in [-0.15, -0.1) is 5.10 Å². The number of benzene rings is 2. The van der Waals surface area contributed by atoms with E-state index in [-0.39, 0.29) is 148 Å². The van der Waals surface area contributed by atoms with Gasteiger partial charge in [-0.05, 0) is 118 Å².